The summed E-state index contributed by atoms with van der Waals surface area (Å²) in [5.41, 5.74) is -0.705. The van der Waals surface area contributed by atoms with E-state index in [2.05, 4.69) is 17.6 Å². The molecule has 2 rings (SSSR count). The Bertz CT molecular complexity index is 822. The third-order valence-corrected chi connectivity index (χ3v) is 6.50. The van der Waals surface area contributed by atoms with Crippen molar-refractivity contribution in [3.63, 3.8) is 0 Å². The average molecular weight is 452 g/mol. The van der Waals surface area contributed by atoms with Crippen LogP contribution in [0.4, 0.5) is 9.80 Å². The molecule has 0 bridgehead atoms. The Morgan fingerprint density at radius 1 is 1.16 bits per heavy atom. The highest BCUT2D eigenvalue weighted by Crippen LogP contribution is 2.30. The van der Waals surface area contributed by atoms with Gasteiger partial charge < -0.3 is 15.4 Å². The van der Waals surface area contributed by atoms with Gasteiger partial charge in [0, 0.05) is 4.88 Å². The van der Waals surface area contributed by atoms with Crippen molar-refractivity contribution in [2.75, 3.05) is 18.5 Å². The summed E-state index contributed by atoms with van der Waals surface area (Å²) >= 11 is 1.28. The van der Waals surface area contributed by atoms with Crippen LogP contribution >= 0.6 is 11.3 Å². The summed E-state index contributed by atoms with van der Waals surface area (Å²) in [4.78, 5) is 51.9. The minimum Gasteiger partial charge on any atom is -0.462 e. The summed E-state index contributed by atoms with van der Waals surface area (Å²) in [6.07, 6.45) is 6.47. The molecular weight excluding hydrogens is 418 g/mol. The van der Waals surface area contributed by atoms with Crippen LogP contribution in [0.2, 0.25) is 0 Å². The number of imide groups is 1. The van der Waals surface area contributed by atoms with E-state index < -0.39 is 35.9 Å². The second-order valence-electron chi connectivity index (χ2n) is 7.90. The van der Waals surface area contributed by atoms with Crippen LogP contribution in [0.1, 0.15) is 81.5 Å². The molecule has 1 aliphatic rings. The molecule has 1 unspecified atom stereocenters. The van der Waals surface area contributed by atoms with E-state index in [0.717, 1.165) is 41.9 Å². The molecule has 1 saturated heterocycles. The maximum atomic E-state index is 12.8. The molecule has 1 aromatic heterocycles. The minimum absolute atomic E-state index is 0.225. The first-order valence-electron chi connectivity index (χ1n) is 11.0. The lowest BCUT2D eigenvalue weighted by Crippen LogP contribution is -2.44. The average Bonchev–Trinajstić information content (AvgIpc) is 3.22. The Morgan fingerprint density at radius 3 is 2.52 bits per heavy atom. The van der Waals surface area contributed by atoms with E-state index >= 15 is 0 Å². The third kappa shape index (κ3) is 6.29. The molecule has 0 radical (unpaired) electrons. The van der Waals surface area contributed by atoms with Crippen LogP contribution in [0.3, 0.4) is 0 Å². The van der Waals surface area contributed by atoms with Gasteiger partial charge in [0.1, 0.15) is 17.1 Å². The van der Waals surface area contributed by atoms with Crippen LogP contribution in [-0.4, -0.2) is 47.4 Å². The van der Waals surface area contributed by atoms with E-state index in [1.807, 2.05) is 6.92 Å². The van der Waals surface area contributed by atoms with E-state index in [1.165, 1.54) is 11.3 Å². The van der Waals surface area contributed by atoms with Crippen molar-refractivity contribution in [3.05, 3.63) is 16.5 Å². The van der Waals surface area contributed by atoms with Crippen molar-refractivity contribution in [3.8, 4) is 0 Å². The number of carbonyl (C=O) groups excluding carboxylic acids is 4. The van der Waals surface area contributed by atoms with E-state index in [1.54, 1.807) is 19.9 Å². The Hall–Kier alpha value is -2.42. The lowest BCUT2D eigenvalue weighted by atomic mass is 9.94. The number of aryl methyl sites for hydroxylation is 1. The van der Waals surface area contributed by atoms with Gasteiger partial charge in [0.05, 0.1) is 12.2 Å². The molecule has 2 heterocycles. The van der Waals surface area contributed by atoms with Gasteiger partial charge >= 0.3 is 12.0 Å². The van der Waals surface area contributed by atoms with Crippen LogP contribution in [0, 0.1) is 0 Å². The van der Waals surface area contributed by atoms with Crippen molar-refractivity contribution >= 4 is 40.2 Å². The predicted octanol–water partition coefficient (Wildman–Crippen LogP) is 4.10. The highest BCUT2D eigenvalue weighted by atomic mass is 32.1. The SMILES string of the molecule is CCCCCCCC1(C)NC(=O)N(CC(=O)Nc2sc(CC)cc2C(=O)OCC)C1=O. The van der Waals surface area contributed by atoms with Crippen LogP contribution in [-0.2, 0) is 20.7 Å². The highest BCUT2D eigenvalue weighted by molar-refractivity contribution is 7.16. The number of rotatable bonds is 12. The van der Waals surface area contributed by atoms with Crippen molar-refractivity contribution < 1.29 is 23.9 Å². The summed E-state index contributed by atoms with van der Waals surface area (Å²) in [6.45, 7) is 7.32. The normalized spacial score (nSPS) is 18.3. The third-order valence-electron chi connectivity index (χ3n) is 5.31. The number of anilines is 1. The zero-order valence-corrected chi connectivity index (χ0v) is 19.7. The molecule has 0 aliphatic carbocycles. The second-order valence-corrected chi connectivity index (χ2v) is 9.03. The van der Waals surface area contributed by atoms with E-state index in [9.17, 15) is 19.2 Å². The fraction of sp³-hybridized carbons (Fsp3) is 0.636. The van der Waals surface area contributed by atoms with Crippen LogP contribution in [0.25, 0.3) is 0 Å². The van der Waals surface area contributed by atoms with Crippen LogP contribution in [0.5, 0.6) is 0 Å². The van der Waals surface area contributed by atoms with Gasteiger partial charge in [-0.25, -0.2) is 9.59 Å². The maximum absolute atomic E-state index is 12.8. The highest BCUT2D eigenvalue weighted by Gasteiger charge is 2.47. The number of amides is 4. The molecule has 4 amide bonds. The molecule has 8 nitrogen and oxygen atoms in total. The van der Waals surface area contributed by atoms with Gasteiger partial charge in [0.25, 0.3) is 5.91 Å². The zero-order chi connectivity index (χ0) is 23.0. The lowest BCUT2D eigenvalue weighted by molar-refractivity contribution is -0.133. The number of nitrogens with one attached hydrogen (secondary N) is 2. The summed E-state index contributed by atoms with van der Waals surface area (Å²) in [7, 11) is 0. The molecule has 0 spiro atoms. The number of urea groups is 1. The summed E-state index contributed by atoms with van der Waals surface area (Å²) in [5.74, 6) is -1.45. The predicted molar refractivity (Wildman–Crippen MR) is 120 cm³/mol. The number of carbonyl (C=O) groups is 4. The molecular formula is C22H33N3O5S. The minimum atomic E-state index is -0.988. The number of thiophene rings is 1. The molecule has 31 heavy (non-hydrogen) atoms. The quantitative estimate of drug-likeness (QED) is 0.283. The topological polar surface area (TPSA) is 105 Å². The molecule has 9 heteroatoms. The molecule has 1 atom stereocenters. The number of ether oxygens (including phenoxy) is 1. The van der Waals surface area contributed by atoms with Crippen molar-refractivity contribution in [1.29, 1.82) is 0 Å². The first kappa shape index (κ1) is 24.8. The van der Waals surface area contributed by atoms with Crippen molar-refractivity contribution in [2.45, 2.75) is 78.2 Å². The lowest BCUT2D eigenvalue weighted by Gasteiger charge is -2.21. The molecule has 1 aliphatic heterocycles. The zero-order valence-electron chi connectivity index (χ0n) is 18.8. The van der Waals surface area contributed by atoms with Crippen LogP contribution in [0.15, 0.2) is 6.07 Å². The molecule has 1 aromatic rings. The molecule has 2 N–H and O–H groups in total. The summed E-state index contributed by atoms with van der Waals surface area (Å²) in [5, 5.41) is 5.77. The number of nitrogens with zero attached hydrogens (tertiary/aromatic N) is 1. The van der Waals surface area contributed by atoms with Crippen molar-refractivity contribution in [1.82, 2.24) is 10.2 Å². The Kier molecular flexibility index (Phi) is 9.03. The van der Waals surface area contributed by atoms with E-state index in [0.29, 0.717) is 17.8 Å². The number of unbranched alkanes of at least 4 members (excludes halogenated alkanes) is 4. The first-order valence-corrected chi connectivity index (χ1v) is 11.8. The van der Waals surface area contributed by atoms with Gasteiger partial charge in [-0.3, -0.25) is 14.5 Å². The van der Waals surface area contributed by atoms with Gasteiger partial charge in [-0.15, -0.1) is 11.3 Å². The Labute approximate surface area is 187 Å². The number of hydrogen-bond acceptors (Lipinski definition) is 6. The summed E-state index contributed by atoms with van der Waals surface area (Å²) in [6, 6.07) is 1.13. The molecule has 0 saturated carbocycles. The fourth-order valence-corrected chi connectivity index (χ4v) is 4.52. The van der Waals surface area contributed by atoms with Gasteiger partial charge in [0.2, 0.25) is 5.91 Å². The van der Waals surface area contributed by atoms with E-state index in [-0.39, 0.29) is 12.2 Å². The van der Waals surface area contributed by atoms with Gasteiger partial charge in [-0.2, -0.15) is 0 Å². The summed E-state index contributed by atoms with van der Waals surface area (Å²) < 4.78 is 5.05. The van der Waals surface area contributed by atoms with Gasteiger partial charge in [-0.1, -0.05) is 46.0 Å². The van der Waals surface area contributed by atoms with Gasteiger partial charge in [-0.05, 0) is 32.8 Å². The molecule has 172 valence electrons. The molecule has 1 fully saturated rings. The van der Waals surface area contributed by atoms with Gasteiger partial charge in [0.15, 0.2) is 0 Å². The largest absolute Gasteiger partial charge is 0.462 e. The Balaban J connectivity index is 2.01. The number of esters is 1. The molecule has 0 aromatic carbocycles. The van der Waals surface area contributed by atoms with E-state index in [4.69, 9.17) is 4.74 Å². The standard InChI is InChI=1S/C22H33N3O5S/c1-5-8-9-10-11-12-22(4)20(28)25(21(29)24-22)14-17(26)23-18-16(19(27)30-7-3)13-15(6-2)31-18/h13H,5-12,14H2,1-4H3,(H,23,26)(H,24,29). The second kappa shape index (κ2) is 11.3. The monoisotopic (exact) mass is 451 g/mol. The maximum Gasteiger partial charge on any atom is 0.341 e. The first-order chi connectivity index (χ1) is 14.8. The van der Waals surface area contributed by atoms with Crippen LogP contribution < -0.4 is 10.6 Å². The fourth-order valence-electron chi connectivity index (χ4n) is 3.52. The van der Waals surface area contributed by atoms with Crippen molar-refractivity contribution in [2.24, 2.45) is 0 Å². The smallest absolute Gasteiger partial charge is 0.341 e. The number of hydrogen-bond donors (Lipinski definition) is 2. The Morgan fingerprint density at radius 2 is 1.87 bits per heavy atom.